The van der Waals surface area contributed by atoms with Gasteiger partial charge in [0.1, 0.15) is 17.6 Å². The van der Waals surface area contributed by atoms with Gasteiger partial charge in [-0.1, -0.05) is 24.3 Å². The number of rotatable bonds is 5. The number of benzene rings is 2. The van der Waals surface area contributed by atoms with Crippen molar-refractivity contribution in [3.05, 3.63) is 53.6 Å². The van der Waals surface area contributed by atoms with Crippen molar-refractivity contribution in [3.8, 4) is 16.9 Å². The highest BCUT2D eigenvalue weighted by molar-refractivity contribution is 5.98. The number of hydrogen-bond acceptors (Lipinski definition) is 6. The van der Waals surface area contributed by atoms with Crippen LogP contribution in [0.4, 0.5) is 0 Å². The van der Waals surface area contributed by atoms with Crippen LogP contribution in [0.1, 0.15) is 42.9 Å². The van der Waals surface area contributed by atoms with E-state index >= 15 is 0 Å². The van der Waals surface area contributed by atoms with Gasteiger partial charge < -0.3 is 19.3 Å². The van der Waals surface area contributed by atoms with E-state index in [0.29, 0.717) is 22.4 Å². The lowest BCUT2D eigenvalue weighted by atomic mass is 9.93. The third-order valence-corrected chi connectivity index (χ3v) is 4.44. The minimum Gasteiger partial charge on any atom is -0.497 e. The molecule has 0 amide bonds. The van der Waals surface area contributed by atoms with E-state index in [9.17, 15) is 14.7 Å². The van der Waals surface area contributed by atoms with Crippen LogP contribution in [-0.2, 0) is 14.3 Å². The van der Waals surface area contributed by atoms with Crippen molar-refractivity contribution in [1.82, 2.24) is 5.32 Å². The Morgan fingerprint density at radius 2 is 1.83 bits per heavy atom. The maximum absolute atomic E-state index is 12.9. The van der Waals surface area contributed by atoms with Crippen molar-refractivity contribution in [1.29, 1.82) is 0 Å². The first-order chi connectivity index (χ1) is 13.7. The van der Waals surface area contributed by atoms with E-state index < -0.39 is 29.9 Å². The standard InChI is InChI=1S/C22H25NO6/c1-22(2,3)29-21(26)16-7-5-6-15(19-23-12-17(28-19)20(24)25)18(16)13-8-10-14(27-4)11-9-13/h5-11,17,19,23H,12H2,1-4H3,(H,24,25)/t17-,19-/m1/s1. The molecule has 0 saturated carbocycles. The zero-order chi connectivity index (χ0) is 21.2. The van der Waals surface area contributed by atoms with Gasteiger partial charge in [-0.3, -0.25) is 5.32 Å². The molecule has 2 aromatic rings. The maximum Gasteiger partial charge on any atom is 0.339 e. The Hall–Kier alpha value is -2.90. The fourth-order valence-electron chi connectivity index (χ4n) is 3.18. The molecular weight excluding hydrogens is 374 g/mol. The normalized spacial score (nSPS) is 19.0. The molecule has 0 aromatic heterocycles. The highest BCUT2D eigenvalue weighted by Crippen LogP contribution is 2.36. The van der Waals surface area contributed by atoms with E-state index in [1.807, 2.05) is 18.2 Å². The molecule has 7 heteroatoms. The molecule has 0 bridgehead atoms. The summed E-state index contributed by atoms with van der Waals surface area (Å²) in [5.41, 5.74) is 1.80. The lowest BCUT2D eigenvalue weighted by molar-refractivity contribution is -0.148. The number of carboxylic acid groups (broad SMARTS) is 1. The molecule has 154 valence electrons. The fourth-order valence-corrected chi connectivity index (χ4v) is 3.18. The van der Waals surface area contributed by atoms with Gasteiger partial charge in [0, 0.05) is 17.7 Å². The Balaban J connectivity index is 2.09. The zero-order valence-corrected chi connectivity index (χ0v) is 16.9. The van der Waals surface area contributed by atoms with Crippen LogP contribution in [0.2, 0.25) is 0 Å². The van der Waals surface area contributed by atoms with E-state index in [0.717, 1.165) is 5.56 Å². The second kappa shape index (κ2) is 8.23. The first-order valence-electron chi connectivity index (χ1n) is 9.32. The van der Waals surface area contributed by atoms with Crippen molar-refractivity contribution in [2.24, 2.45) is 0 Å². The van der Waals surface area contributed by atoms with Crippen LogP contribution >= 0.6 is 0 Å². The SMILES string of the molecule is COc1ccc(-c2c(C(=O)OC(C)(C)C)cccc2[C@@H]2NC[C@H](C(=O)O)O2)cc1. The van der Waals surface area contributed by atoms with Crippen LogP contribution in [0.15, 0.2) is 42.5 Å². The van der Waals surface area contributed by atoms with Crippen LogP contribution in [-0.4, -0.2) is 42.4 Å². The minimum atomic E-state index is -1.03. The van der Waals surface area contributed by atoms with Crippen LogP contribution in [0.5, 0.6) is 5.75 Å². The van der Waals surface area contributed by atoms with E-state index in [1.54, 1.807) is 52.1 Å². The molecule has 1 fully saturated rings. The summed E-state index contributed by atoms with van der Waals surface area (Å²) in [6, 6.07) is 12.5. The summed E-state index contributed by atoms with van der Waals surface area (Å²) < 4.78 is 16.5. The monoisotopic (exact) mass is 399 g/mol. The van der Waals surface area contributed by atoms with Crippen LogP contribution < -0.4 is 10.1 Å². The van der Waals surface area contributed by atoms with Gasteiger partial charge in [0.25, 0.3) is 0 Å². The number of carboxylic acids is 1. The molecule has 0 spiro atoms. The number of ether oxygens (including phenoxy) is 3. The average Bonchev–Trinajstić information content (AvgIpc) is 3.16. The molecule has 2 atom stereocenters. The Morgan fingerprint density at radius 3 is 2.38 bits per heavy atom. The zero-order valence-electron chi connectivity index (χ0n) is 16.9. The Morgan fingerprint density at radius 1 is 1.14 bits per heavy atom. The van der Waals surface area contributed by atoms with E-state index in [2.05, 4.69) is 5.32 Å². The minimum absolute atomic E-state index is 0.179. The van der Waals surface area contributed by atoms with Crippen molar-refractivity contribution in [2.45, 2.75) is 38.7 Å². The maximum atomic E-state index is 12.9. The van der Waals surface area contributed by atoms with Crippen molar-refractivity contribution in [3.63, 3.8) is 0 Å². The fraction of sp³-hybridized carbons (Fsp3) is 0.364. The third kappa shape index (κ3) is 4.75. The number of nitrogens with one attached hydrogen (secondary N) is 1. The van der Waals surface area contributed by atoms with Crippen molar-refractivity contribution >= 4 is 11.9 Å². The predicted octanol–water partition coefficient (Wildman–Crippen LogP) is 3.39. The van der Waals surface area contributed by atoms with Gasteiger partial charge in [-0.15, -0.1) is 0 Å². The lowest BCUT2D eigenvalue weighted by Crippen LogP contribution is -2.25. The second-order valence-corrected chi connectivity index (χ2v) is 7.75. The average molecular weight is 399 g/mol. The topological polar surface area (TPSA) is 94.1 Å². The second-order valence-electron chi connectivity index (χ2n) is 7.75. The molecule has 0 aliphatic carbocycles. The van der Waals surface area contributed by atoms with Crippen molar-refractivity contribution < 1.29 is 28.9 Å². The molecule has 1 saturated heterocycles. The molecule has 0 radical (unpaired) electrons. The summed E-state index contributed by atoms with van der Waals surface area (Å²) in [7, 11) is 1.58. The van der Waals surface area contributed by atoms with Crippen LogP contribution in [0, 0.1) is 0 Å². The first kappa shape index (κ1) is 20.8. The number of esters is 1. The van der Waals surface area contributed by atoms with Gasteiger partial charge in [0.05, 0.1) is 12.7 Å². The Kier molecular flexibility index (Phi) is 5.91. The summed E-state index contributed by atoms with van der Waals surface area (Å²) in [5, 5.41) is 12.3. The molecule has 2 aromatic carbocycles. The highest BCUT2D eigenvalue weighted by atomic mass is 16.6. The van der Waals surface area contributed by atoms with Gasteiger partial charge in [-0.05, 0) is 44.5 Å². The van der Waals surface area contributed by atoms with Gasteiger partial charge in [0.15, 0.2) is 6.10 Å². The number of carbonyl (C=O) groups is 2. The van der Waals surface area contributed by atoms with Crippen LogP contribution in [0.3, 0.4) is 0 Å². The molecule has 0 unspecified atom stereocenters. The molecule has 1 aliphatic heterocycles. The third-order valence-electron chi connectivity index (χ3n) is 4.44. The Labute approximate surface area is 169 Å². The summed E-state index contributed by atoms with van der Waals surface area (Å²) in [6.45, 7) is 5.60. The summed E-state index contributed by atoms with van der Waals surface area (Å²) >= 11 is 0. The number of aliphatic carboxylic acids is 1. The predicted molar refractivity (Wildman–Crippen MR) is 107 cm³/mol. The molecular formula is C22H25NO6. The first-order valence-corrected chi connectivity index (χ1v) is 9.32. The van der Waals surface area contributed by atoms with E-state index in [4.69, 9.17) is 14.2 Å². The molecule has 1 aliphatic rings. The van der Waals surface area contributed by atoms with Gasteiger partial charge >= 0.3 is 11.9 Å². The van der Waals surface area contributed by atoms with E-state index in [-0.39, 0.29) is 6.54 Å². The molecule has 1 heterocycles. The number of hydrogen-bond donors (Lipinski definition) is 2. The number of carbonyl (C=O) groups excluding carboxylic acids is 1. The van der Waals surface area contributed by atoms with Crippen molar-refractivity contribution in [2.75, 3.05) is 13.7 Å². The summed E-state index contributed by atoms with van der Waals surface area (Å²) in [4.78, 5) is 24.2. The van der Waals surface area contributed by atoms with E-state index in [1.165, 1.54) is 0 Å². The van der Waals surface area contributed by atoms with Gasteiger partial charge in [-0.2, -0.15) is 0 Å². The molecule has 29 heavy (non-hydrogen) atoms. The summed E-state index contributed by atoms with van der Waals surface area (Å²) in [5.74, 6) is -0.807. The van der Waals surface area contributed by atoms with Gasteiger partial charge in [-0.25, -0.2) is 9.59 Å². The summed E-state index contributed by atoms with van der Waals surface area (Å²) in [6.07, 6.45) is -1.61. The molecule has 2 N–H and O–H groups in total. The largest absolute Gasteiger partial charge is 0.497 e. The molecule has 3 rings (SSSR count). The number of methoxy groups -OCH3 is 1. The van der Waals surface area contributed by atoms with Crippen LogP contribution in [0.25, 0.3) is 11.1 Å². The highest BCUT2D eigenvalue weighted by Gasteiger charge is 2.33. The Bertz CT molecular complexity index is 901. The lowest BCUT2D eigenvalue weighted by Gasteiger charge is -2.23. The molecule has 7 nitrogen and oxygen atoms in total. The van der Waals surface area contributed by atoms with Gasteiger partial charge in [0.2, 0.25) is 0 Å². The quantitative estimate of drug-likeness (QED) is 0.744. The smallest absolute Gasteiger partial charge is 0.339 e.